The van der Waals surface area contributed by atoms with Gasteiger partial charge < -0.3 is 9.30 Å². The summed E-state index contributed by atoms with van der Waals surface area (Å²) >= 11 is 3.42. The van der Waals surface area contributed by atoms with E-state index < -0.39 is 0 Å². The molecule has 2 heterocycles. The standard InChI is InChI=1S/C18H26N4OS2/c1-21(11-14-6-8-16(24-2)9-7-14)13-17-19-20-18(25-3)22(17)12-15-5-4-10-23-15/h6-9,15H,4-5,10-13H2,1-3H3/t15-/m1/s1. The average molecular weight is 379 g/mol. The fourth-order valence-electron chi connectivity index (χ4n) is 3.10. The van der Waals surface area contributed by atoms with Gasteiger partial charge in [0.15, 0.2) is 5.16 Å². The quantitative estimate of drug-likeness (QED) is 0.655. The number of thioether (sulfide) groups is 2. The third-order valence-electron chi connectivity index (χ3n) is 4.41. The van der Waals surface area contributed by atoms with E-state index in [1.165, 1.54) is 10.5 Å². The Balaban J connectivity index is 1.65. The van der Waals surface area contributed by atoms with Crippen molar-refractivity contribution in [3.05, 3.63) is 35.7 Å². The van der Waals surface area contributed by atoms with Crippen LogP contribution in [0, 0.1) is 0 Å². The lowest BCUT2D eigenvalue weighted by molar-refractivity contribution is 0.0934. The van der Waals surface area contributed by atoms with Crippen LogP contribution in [0.2, 0.25) is 0 Å². The number of ether oxygens (including phenoxy) is 1. The molecule has 0 bridgehead atoms. The van der Waals surface area contributed by atoms with Crippen molar-refractivity contribution in [3.63, 3.8) is 0 Å². The molecule has 0 radical (unpaired) electrons. The molecule has 7 heteroatoms. The summed E-state index contributed by atoms with van der Waals surface area (Å²) in [5.74, 6) is 1.02. The minimum atomic E-state index is 0.296. The predicted octanol–water partition coefficient (Wildman–Crippen LogP) is 3.53. The summed E-state index contributed by atoms with van der Waals surface area (Å²) in [6.07, 6.45) is 6.73. The van der Waals surface area contributed by atoms with Crippen molar-refractivity contribution >= 4 is 23.5 Å². The molecule has 3 rings (SSSR count). The smallest absolute Gasteiger partial charge is 0.191 e. The van der Waals surface area contributed by atoms with Crippen molar-refractivity contribution in [2.45, 2.75) is 48.6 Å². The van der Waals surface area contributed by atoms with E-state index in [-0.39, 0.29) is 0 Å². The molecule has 0 spiro atoms. The first-order valence-electron chi connectivity index (χ1n) is 8.58. The molecule has 1 fully saturated rings. The molecular formula is C18H26N4OS2. The number of rotatable bonds is 8. The third kappa shape index (κ3) is 5.00. The van der Waals surface area contributed by atoms with E-state index in [0.29, 0.717) is 6.10 Å². The maximum atomic E-state index is 5.80. The first-order valence-corrected chi connectivity index (χ1v) is 11.0. The molecule has 1 aliphatic heterocycles. The first-order chi connectivity index (χ1) is 12.2. The van der Waals surface area contributed by atoms with Crippen molar-refractivity contribution in [3.8, 4) is 0 Å². The van der Waals surface area contributed by atoms with Crippen LogP contribution in [0.3, 0.4) is 0 Å². The van der Waals surface area contributed by atoms with Crippen LogP contribution in [0.25, 0.3) is 0 Å². The van der Waals surface area contributed by atoms with Crippen LogP contribution >= 0.6 is 23.5 Å². The second-order valence-electron chi connectivity index (χ2n) is 6.37. The lowest BCUT2D eigenvalue weighted by Gasteiger charge is -2.19. The number of hydrogen-bond acceptors (Lipinski definition) is 6. The zero-order valence-electron chi connectivity index (χ0n) is 15.1. The van der Waals surface area contributed by atoms with Crippen LogP contribution in [0.1, 0.15) is 24.2 Å². The summed E-state index contributed by atoms with van der Waals surface area (Å²) in [5, 5.41) is 9.76. The Morgan fingerprint density at radius 2 is 1.96 bits per heavy atom. The molecule has 1 atom stereocenters. The Morgan fingerprint density at radius 1 is 1.16 bits per heavy atom. The molecule has 136 valence electrons. The molecule has 1 saturated heterocycles. The van der Waals surface area contributed by atoms with Gasteiger partial charge in [-0.25, -0.2) is 0 Å². The van der Waals surface area contributed by atoms with E-state index in [1.807, 2.05) is 0 Å². The van der Waals surface area contributed by atoms with Gasteiger partial charge in [-0.2, -0.15) is 0 Å². The molecule has 0 unspecified atom stereocenters. The van der Waals surface area contributed by atoms with Gasteiger partial charge in [0.1, 0.15) is 5.82 Å². The zero-order valence-corrected chi connectivity index (χ0v) is 16.8. The number of nitrogens with zero attached hydrogens (tertiary/aromatic N) is 4. The van der Waals surface area contributed by atoms with Gasteiger partial charge in [0, 0.05) is 18.0 Å². The van der Waals surface area contributed by atoms with Crippen molar-refractivity contribution in [1.29, 1.82) is 0 Å². The first kappa shape index (κ1) is 18.8. The molecular weight excluding hydrogens is 352 g/mol. The average Bonchev–Trinajstić information content (AvgIpc) is 3.26. The van der Waals surface area contributed by atoms with Gasteiger partial charge in [-0.1, -0.05) is 23.9 Å². The summed E-state index contributed by atoms with van der Waals surface area (Å²) in [6, 6.07) is 8.76. The van der Waals surface area contributed by atoms with E-state index in [2.05, 4.69) is 63.5 Å². The van der Waals surface area contributed by atoms with Gasteiger partial charge in [0.2, 0.25) is 0 Å². The summed E-state index contributed by atoms with van der Waals surface area (Å²) < 4.78 is 8.03. The van der Waals surface area contributed by atoms with Gasteiger partial charge in [-0.05, 0) is 50.1 Å². The fourth-order valence-corrected chi connectivity index (χ4v) is 4.03. The van der Waals surface area contributed by atoms with E-state index in [1.54, 1.807) is 23.5 Å². The van der Waals surface area contributed by atoms with Gasteiger partial charge in [0.05, 0.1) is 19.2 Å². The third-order valence-corrected chi connectivity index (χ3v) is 5.82. The number of aromatic nitrogens is 3. The highest BCUT2D eigenvalue weighted by Crippen LogP contribution is 2.21. The SMILES string of the molecule is CSc1ccc(CN(C)Cc2nnc(SC)n2C[C@H]2CCCO2)cc1. The van der Waals surface area contributed by atoms with Crippen molar-refractivity contribution in [2.75, 3.05) is 26.2 Å². The van der Waals surface area contributed by atoms with Crippen LogP contribution < -0.4 is 0 Å². The summed E-state index contributed by atoms with van der Waals surface area (Å²) in [6.45, 7) is 3.41. The van der Waals surface area contributed by atoms with E-state index in [9.17, 15) is 0 Å². The Kier molecular flexibility index (Phi) is 6.81. The van der Waals surface area contributed by atoms with E-state index in [0.717, 1.165) is 50.1 Å². The second kappa shape index (κ2) is 9.07. The normalized spacial score (nSPS) is 17.5. The molecule has 0 N–H and O–H groups in total. The monoisotopic (exact) mass is 378 g/mol. The maximum absolute atomic E-state index is 5.80. The molecule has 1 aromatic heterocycles. The Bertz CT molecular complexity index is 668. The van der Waals surface area contributed by atoms with Crippen LogP contribution in [-0.4, -0.2) is 51.9 Å². The van der Waals surface area contributed by atoms with Gasteiger partial charge >= 0.3 is 0 Å². The Morgan fingerprint density at radius 3 is 2.60 bits per heavy atom. The van der Waals surface area contributed by atoms with Gasteiger partial charge in [0.25, 0.3) is 0 Å². The molecule has 0 aliphatic carbocycles. The molecule has 0 saturated carbocycles. The van der Waals surface area contributed by atoms with E-state index in [4.69, 9.17) is 4.74 Å². The molecule has 25 heavy (non-hydrogen) atoms. The maximum Gasteiger partial charge on any atom is 0.191 e. The molecule has 1 aromatic carbocycles. The fraction of sp³-hybridized carbons (Fsp3) is 0.556. The Labute approximate surface area is 158 Å². The van der Waals surface area contributed by atoms with Crippen LogP contribution in [0.15, 0.2) is 34.3 Å². The minimum Gasteiger partial charge on any atom is -0.376 e. The van der Waals surface area contributed by atoms with E-state index >= 15 is 0 Å². The van der Waals surface area contributed by atoms with Gasteiger partial charge in [-0.3, -0.25) is 4.90 Å². The highest BCUT2D eigenvalue weighted by molar-refractivity contribution is 7.98. The summed E-state index contributed by atoms with van der Waals surface area (Å²) in [7, 11) is 2.13. The van der Waals surface area contributed by atoms with Crippen LogP contribution in [-0.2, 0) is 24.4 Å². The topological polar surface area (TPSA) is 43.2 Å². The molecule has 2 aromatic rings. The number of benzene rings is 1. The highest BCUT2D eigenvalue weighted by Gasteiger charge is 2.21. The predicted molar refractivity (Wildman–Crippen MR) is 104 cm³/mol. The minimum absolute atomic E-state index is 0.296. The molecule has 1 aliphatic rings. The lowest BCUT2D eigenvalue weighted by Crippen LogP contribution is -2.23. The van der Waals surface area contributed by atoms with Crippen molar-refractivity contribution < 1.29 is 4.74 Å². The zero-order chi connectivity index (χ0) is 17.6. The Hall–Kier alpha value is -1.02. The summed E-state index contributed by atoms with van der Waals surface area (Å²) in [5.41, 5.74) is 1.32. The summed E-state index contributed by atoms with van der Waals surface area (Å²) in [4.78, 5) is 3.58. The molecule has 0 amide bonds. The second-order valence-corrected chi connectivity index (χ2v) is 8.02. The highest BCUT2D eigenvalue weighted by atomic mass is 32.2. The van der Waals surface area contributed by atoms with Crippen molar-refractivity contribution in [1.82, 2.24) is 19.7 Å². The largest absolute Gasteiger partial charge is 0.376 e. The lowest BCUT2D eigenvalue weighted by atomic mass is 10.2. The molecule has 5 nitrogen and oxygen atoms in total. The number of hydrogen-bond donors (Lipinski definition) is 0. The van der Waals surface area contributed by atoms with Gasteiger partial charge in [-0.15, -0.1) is 22.0 Å². The van der Waals surface area contributed by atoms with Crippen LogP contribution in [0.4, 0.5) is 0 Å². The van der Waals surface area contributed by atoms with Crippen LogP contribution in [0.5, 0.6) is 0 Å². The van der Waals surface area contributed by atoms with Crippen molar-refractivity contribution in [2.24, 2.45) is 0 Å².